The van der Waals surface area contributed by atoms with Gasteiger partial charge in [0.05, 0.1) is 14.2 Å². The van der Waals surface area contributed by atoms with Crippen LogP contribution in [0.25, 0.3) is 0 Å². The maximum atomic E-state index is 12.3. The normalized spacial score (nSPS) is 16.7. The SMILES string of the molecule is COc1cc(OC)c2c(c1)C(=O)C[C@H]2c1ccc(Br)cc1. The molecule has 2 aromatic rings. The Morgan fingerprint density at radius 2 is 1.81 bits per heavy atom. The summed E-state index contributed by atoms with van der Waals surface area (Å²) in [6, 6.07) is 11.7. The maximum absolute atomic E-state index is 12.3. The van der Waals surface area contributed by atoms with Crippen LogP contribution in [-0.2, 0) is 0 Å². The molecule has 0 heterocycles. The van der Waals surface area contributed by atoms with Crippen molar-refractivity contribution in [2.75, 3.05) is 14.2 Å². The number of rotatable bonds is 3. The molecule has 3 rings (SSSR count). The third kappa shape index (κ3) is 2.44. The summed E-state index contributed by atoms with van der Waals surface area (Å²) in [4.78, 5) is 12.3. The van der Waals surface area contributed by atoms with Gasteiger partial charge in [-0.1, -0.05) is 28.1 Å². The molecule has 0 saturated carbocycles. The van der Waals surface area contributed by atoms with Gasteiger partial charge in [0.1, 0.15) is 11.5 Å². The first kappa shape index (κ1) is 14.1. The Balaban J connectivity index is 2.14. The standard InChI is InChI=1S/C17H15BrO3/c1-20-12-7-14-15(19)9-13(17(14)16(8-12)21-2)10-3-5-11(18)6-4-10/h3-8,13H,9H2,1-2H3/t13-/m0/s1. The van der Waals surface area contributed by atoms with Crippen LogP contribution in [0.1, 0.15) is 33.8 Å². The summed E-state index contributed by atoms with van der Waals surface area (Å²) in [5.41, 5.74) is 2.79. The number of ketones is 1. The summed E-state index contributed by atoms with van der Waals surface area (Å²) in [6.07, 6.45) is 0.473. The number of carbonyl (C=O) groups is 1. The monoisotopic (exact) mass is 346 g/mol. The molecule has 2 aromatic carbocycles. The molecule has 0 fully saturated rings. The van der Waals surface area contributed by atoms with Crippen molar-refractivity contribution >= 4 is 21.7 Å². The van der Waals surface area contributed by atoms with Crippen molar-refractivity contribution in [2.45, 2.75) is 12.3 Å². The fourth-order valence-electron chi connectivity index (χ4n) is 2.86. The minimum Gasteiger partial charge on any atom is -0.497 e. The number of fused-ring (bicyclic) bond motifs is 1. The predicted molar refractivity (Wildman–Crippen MR) is 84.5 cm³/mol. The van der Waals surface area contributed by atoms with Crippen molar-refractivity contribution in [1.82, 2.24) is 0 Å². The average Bonchev–Trinajstić information content (AvgIpc) is 2.84. The summed E-state index contributed by atoms with van der Waals surface area (Å²) in [7, 11) is 3.21. The van der Waals surface area contributed by atoms with Crippen LogP contribution in [0.3, 0.4) is 0 Å². The van der Waals surface area contributed by atoms with Crippen molar-refractivity contribution in [3.63, 3.8) is 0 Å². The molecule has 0 aliphatic heterocycles. The van der Waals surface area contributed by atoms with Gasteiger partial charge in [-0.3, -0.25) is 4.79 Å². The second-order valence-electron chi connectivity index (χ2n) is 5.02. The van der Waals surface area contributed by atoms with Crippen LogP contribution in [0.5, 0.6) is 11.5 Å². The fourth-order valence-corrected chi connectivity index (χ4v) is 3.12. The molecule has 1 aliphatic rings. The highest BCUT2D eigenvalue weighted by molar-refractivity contribution is 9.10. The molecule has 108 valence electrons. The minimum atomic E-state index is 0.0430. The third-order valence-corrected chi connectivity index (χ3v) is 4.41. The smallest absolute Gasteiger partial charge is 0.164 e. The first-order valence-corrected chi connectivity index (χ1v) is 7.48. The zero-order chi connectivity index (χ0) is 15.0. The van der Waals surface area contributed by atoms with E-state index in [4.69, 9.17) is 9.47 Å². The first-order valence-electron chi connectivity index (χ1n) is 6.68. The van der Waals surface area contributed by atoms with E-state index in [9.17, 15) is 4.79 Å². The number of hydrogen-bond donors (Lipinski definition) is 0. The summed E-state index contributed by atoms with van der Waals surface area (Å²) in [6.45, 7) is 0. The van der Waals surface area contributed by atoms with Gasteiger partial charge >= 0.3 is 0 Å². The van der Waals surface area contributed by atoms with Gasteiger partial charge in [0, 0.05) is 34.0 Å². The lowest BCUT2D eigenvalue weighted by molar-refractivity contribution is 0.0991. The van der Waals surface area contributed by atoms with Gasteiger partial charge < -0.3 is 9.47 Å². The zero-order valence-corrected chi connectivity index (χ0v) is 13.4. The number of halogens is 1. The van der Waals surface area contributed by atoms with E-state index in [1.54, 1.807) is 20.3 Å². The quantitative estimate of drug-likeness (QED) is 0.835. The van der Waals surface area contributed by atoms with Crippen molar-refractivity contribution in [3.8, 4) is 11.5 Å². The maximum Gasteiger partial charge on any atom is 0.164 e. The van der Waals surface area contributed by atoms with E-state index in [1.165, 1.54) is 0 Å². The fraction of sp³-hybridized carbons (Fsp3) is 0.235. The summed E-state index contributed by atoms with van der Waals surface area (Å²) < 4.78 is 11.8. The topological polar surface area (TPSA) is 35.5 Å². The van der Waals surface area contributed by atoms with Crippen molar-refractivity contribution in [2.24, 2.45) is 0 Å². The molecule has 0 saturated heterocycles. The van der Waals surface area contributed by atoms with E-state index in [-0.39, 0.29) is 11.7 Å². The van der Waals surface area contributed by atoms with Gasteiger partial charge in [-0.15, -0.1) is 0 Å². The van der Waals surface area contributed by atoms with Gasteiger partial charge in [0.15, 0.2) is 5.78 Å². The number of carbonyl (C=O) groups excluding carboxylic acids is 1. The lowest BCUT2D eigenvalue weighted by Gasteiger charge is -2.16. The lowest BCUT2D eigenvalue weighted by Crippen LogP contribution is -2.00. The number of Topliss-reactive ketones (excluding diaryl/α,β-unsaturated/α-hetero) is 1. The molecular formula is C17H15BrO3. The lowest BCUT2D eigenvalue weighted by atomic mass is 9.92. The van der Waals surface area contributed by atoms with Crippen LogP contribution in [0.15, 0.2) is 40.9 Å². The van der Waals surface area contributed by atoms with E-state index in [0.717, 1.165) is 15.6 Å². The third-order valence-electron chi connectivity index (χ3n) is 3.88. The van der Waals surface area contributed by atoms with Crippen LogP contribution in [0.4, 0.5) is 0 Å². The van der Waals surface area contributed by atoms with Crippen LogP contribution < -0.4 is 9.47 Å². The molecule has 3 nitrogen and oxygen atoms in total. The van der Waals surface area contributed by atoms with Crippen LogP contribution in [-0.4, -0.2) is 20.0 Å². The highest BCUT2D eigenvalue weighted by Gasteiger charge is 2.34. The van der Waals surface area contributed by atoms with Crippen molar-refractivity contribution < 1.29 is 14.3 Å². The minimum absolute atomic E-state index is 0.0430. The van der Waals surface area contributed by atoms with E-state index < -0.39 is 0 Å². The molecule has 0 bridgehead atoms. The Morgan fingerprint density at radius 1 is 1.10 bits per heavy atom. The molecule has 0 aromatic heterocycles. The van der Waals surface area contributed by atoms with Gasteiger partial charge in [0.25, 0.3) is 0 Å². The Bertz CT molecular complexity index is 692. The molecule has 0 radical (unpaired) electrons. The molecule has 0 unspecified atom stereocenters. The Morgan fingerprint density at radius 3 is 2.43 bits per heavy atom. The highest BCUT2D eigenvalue weighted by Crippen LogP contribution is 2.45. The first-order chi connectivity index (χ1) is 10.1. The van der Waals surface area contributed by atoms with Crippen LogP contribution in [0, 0.1) is 0 Å². The molecule has 4 heteroatoms. The average molecular weight is 347 g/mol. The number of hydrogen-bond acceptors (Lipinski definition) is 3. The molecule has 1 atom stereocenters. The van der Waals surface area contributed by atoms with Gasteiger partial charge in [0.2, 0.25) is 0 Å². The summed E-state index contributed by atoms with van der Waals surface area (Å²) >= 11 is 3.44. The number of benzene rings is 2. The van der Waals surface area contributed by atoms with E-state index in [0.29, 0.717) is 23.5 Å². The molecule has 21 heavy (non-hydrogen) atoms. The van der Waals surface area contributed by atoms with Gasteiger partial charge in [-0.25, -0.2) is 0 Å². The van der Waals surface area contributed by atoms with Gasteiger partial charge in [-0.05, 0) is 23.8 Å². The zero-order valence-electron chi connectivity index (χ0n) is 11.9. The second kappa shape index (κ2) is 5.53. The summed E-state index contributed by atoms with van der Waals surface area (Å²) in [5, 5.41) is 0. The number of ether oxygens (including phenoxy) is 2. The van der Waals surface area contributed by atoms with Crippen molar-refractivity contribution in [3.05, 3.63) is 57.6 Å². The molecule has 1 aliphatic carbocycles. The molecule has 0 N–H and O–H groups in total. The predicted octanol–water partition coefficient (Wildman–Crippen LogP) is 4.18. The van der Waals surface area contributed by atoms with Crippen molar-refractivity contribution in [1.29, 1.82) is 0 Å². The molecule has 0 amide bonds. The number of methoxy groups -OCH3 is 2. The van der Waals surface area contributed by atoms with E-state index in [2.05, 4.69) is 15.9 Å². The largest absolute Gasteiger partial charge is 0.497 e. The van der Waals surface area contributed by atoms with E-state index >= 15 is 0 Å². The Hall–Kier alpha value is -1.81. The highest BCUT2D eigenvalue weighted by atomic mass is 79.9. The van der Waals surface area contributed by atoms with Crippen LogP contribution >= 0.6 is 15.9 Å². The molecule has 0 spiro atoms. The second-order valence-corrected chi connectivity index (χ2v) is 5.94. The van der Waals surface area contributed by atoms with Crippen LogP contribution in [0.2, 0.25) is 0 Å². The molecular weight excluding hydrogens is 332 g/mol. The van der Waals surface area contributed by atoms with Gasteiger partial charge in [-0.2, -0.15) is 0 Å². The Kier molecular flexibility index (Phi) is 3.72. The van der Waals surface area contributed by atoms with E-state index in [1.807, 2.05) is 30.3 Å². The summed E-state index contributed by atoms with van der Waals surface area (Å²) in [5.74, 6) is 1.54. The Labute approximate surface area is 132 Å².